The molecule has 0 bridgehead atoms. The molecule has 0 spiro atoms. The zero-order valence-corrected chi connectivity index (χ0v) is 12.5. The first kappa shape index (κ1) is 14.5. The third kappa shape index (κ3) is 3.78. The maximum absolute atomic E-state index is 12.2. The number of methoxy groups -OCH3 is 1. The Bertz CT molecular complexity index is 419. The van der Waals surface area contributed by atoms with Gasteiger partial charge >= 0.3 is 0 Å². The Morgan fingerprint density at radius 2 is 2.47 bits per heavy atom. The lowest BCUT2D eigenvalue weighted by molar-refractivity contribution is -0.131. The van der Waals surface area contributed by atoms with E-state index in [0.29, 0.717) is 13.2 Å². The minimum atomic E-state index is 0.186. The number of carbonyl (C=O) groups excluding carboxylic acids is 1. The van der Waals surface area contributed by atoms with Crippen LogP contribution in [0.4, 0.5) is 0 Å². The van der Waals surface area contributed by atoms with Gasteiger partial charge in [-0.1, -0.05) is 6.92 Å². The van der Waals surface area contributed by atoms with Crippen LogP contribution in [0.5, 0.6) is 0 Å². The summed E-state index contributed by atoms with van der Waals surface area (Å²) in [7, 11) is 1.69. The lowest BCUT2D eigenvalue weighted by Crippen LogP contribution is -2.44. The van der Waals surface area contributed by atoms with Crippen molar-refractivity contribution in [2.75, 3.05) is 26.8 Å². The van der Waals surface area contributed by atoms with Crippen LogP contribution < -0.4 is 5.32 Å². The standard InChI is InChI=1S/C14H22N2O2S/c1-3-12(10-18-2)15-8-14(17)16-6-4-13-11(9-16)5-7-19-13/h5,7,12,15H,3-4,6,8-10H2,1-2H3. The van der Waals surface area contributed by atoms with Gasteiger partial charge in [-0.2, -0.15) is 0 Å². The molecule has 19 heavy (non-hydrogen) atoms. The average Bonchev–Trinajstić information content (AvgIpc) is 2.90. The molecule has 1 aromatic rings. The van der Waals surface area contributed by atoms with Gasteiger partial charge in [-0.15, -0.1) is 11.3 Å². The van der Waals surface area contributed by atoms with Gasteiger partial charge in [0.05, 0.1) is 13.2 Å². The van der Waals surface area contributed by atoms with Gasteiger partial charge in [-0.3, -0.25) is 4.79 Å². The van der Waals surface area contributed by atoms with Crippen LogP contribution in [0, 0.1) is 0 Å². The number of rotatable bonds is 6. The number of carbonyl (C=O) groups is 1. The van der Waals surface area contributed by atoms with Gasteiger partial charge in [0.15, 0.2) is 0 Å². The molecule has 4 nitrogen and oxygen atoms in total. The summed E-state index contributed by atoms with van der Waals surface area (Å²) in [5.41, 5.74) is 1.31. The molecule has 0 radical (unpaired) electrons. The number of fused-ring (bicyclic) bond motifs is 1. The normalized spacial score (nSPS) is 16.2. The van der Waals surface area contributed by atoms with Gasteiger partial charge in [-0.05, 0) is 29.9 Å². The second-order valence-electron chi connectivity index (χ2n) is 4.88. The third-order valence-electron chi connectivity index (χ3n) is 3.56. The van der Waals surface area contributed by atoms with E-state index in [0.717, 1.165) is 25.9 Å². The lowest BCUT2D eigenvalue weighted by atomic mass is 10.1. The minimum Gasteiger partial charge on any atom is -0.383 e. The Kier molecular flexibility index (Phi) is 5.36. The first-order valence-electron chi connectivity index (χ1n) is 6.80. The largest absolute Gasteiger partial charge is 0.383 e. The molecule has 2 rings (SSSR count). The fourth-order valence-electron chi connectivity index (χ4n) is 2.33. The summed E-state index contributed by atoms with van der Waals surface area (Å²) in [6.45, 7) is 4.76. The number of nitrogens with zero attached hydrogens (tertiary/aromatic N) is 1. The number of ether oxygens (including phenoxy) is 1. The van der Waals surface area contributed by atoms with Gasteiger partial charge in [0, 0.05) is 31.1 Å². The van der Waals surface area contributed by atoms with Gasteiger partial charge in [-0.25, -0.2) is 0 Å². The Morgan fingerprint density at radius 1 is 1.63 bits per heavy atom. The molecular weight excluding hydrogens is 260 g/mol. The lowest BCUT2D eigenvalue weighted by Gasteiger charge is -2.28. The zero-order valence-electron chi connectivity index (χ0n) is 11.6. The molecule has 0 saturated carbocycles. The fraction of sp³-hybridized carbons (Fsp3) is 0.643. The van der Waals surface area contributed by atoms with Crippen LogP contribution in [0.3, 0.4) is 0 Å². The van der Waals surface area contributed by atoms with Crippen LogP contribution in [0.1, 0.15) is 23.8 Å². The van der Waals surface area contributed by atoms with E-state index in [-0.39, 0.29) is 11.9 Å². The molecule has 1 N–H and O–H groups in total. The molecule has 0 aromatic carbocycles. The highest BCUT2D eigenvalue weighted by atomic mass is 32.1. The van der Waals surface area contributed by atoms with Crippen molar-refractivity contribution in [1.29, 1.82) is 0 Å². The van der Waals surface area contributed by atoms with E-state index in [9.17, 15) is 4.79 Å². The van der Waals surface area contributed by atoms with Crippen LogP contribution in [-0.4, -0.2) is 43.7 Å². The molecule has 1 amide bonds. The van der Waals surface area contributed by atoms with Gasteiger partial charge in [0.2, 0.25) is 5.91 Å². The maximum atomic E-state index is 12.2. The van der Waals surface area contributed by atoms with Crippen LogP contribution in [0.2, 0.25) is 0 Å². The quantitative estimate of drug-likeness (QED) is 0.862. The fourth-order valence-corrected chi connectivity index (χ4v) is 3.22. The molecule has 0 saturated heterocycles. The highest BCUT2D eigenvalue weighted by Crippen LogP contribution is 2.23. The minimum absolute atomic E-state index is 0.186. The van der Waals surface area contributed by atoms with Crippen molar-refractivity contribution < 1.29 is 9.53 Å². The molecular formula is C14H22N2O2S. The van der Waals surface area contributed by atoms with Crippen molar-refractivity contribution in [3.05, 3.63) is 21.9 Å². The summed E-state index contributed by atoms with van der Waals surface area (Å²) in [5, 5.41) is 5.39. The Morgan fingerprint density at radius 3 is 3.21 bits per heavy atom. The van der Waals surface area contributed by atoms with Crippen molar-refractivity contribution in [3.63, 3.8) is 0 Å². The summed E-state index contributed by atoms with van der Waals surface area (Å²) in [6, 6.07) is 2.39. The molecule has 5 heteroatoms. The van der Waals surface area contributed by atoms with Crippen molar-refractivity contribution in [2.45, 2.75) is 32.4 Å². The van der Waals surface area contributed by atoms with E-state index in [4.69, 9.17) is 4.74 Å². The summed E-state index contributed by atoms with van der Waals surface area (Å²) < 4.78 is 5.12. The summed E-state index contributed by atoms with van der Waals surface area (Å²) in [4.78, 5) is 15.6. The Balaban J connectivity index is 1.81. The highest BCUT2D eigenvalue weighted by Gasteiger charge is 2.21. The summed E-state index contributed by atoms with van der Waals surface area (Å²) in [6.07, 6.45) is 1.96. The van der Waals surface area contributed by atoms with Crippen molar-refractivity contribution in [1.82, 2.24) is 10.2 Å². The second kappa shape index (κ2) is 7.03. The van der Waals surface area contributed by atoms with Crippen LogP contribution in [-0.2, 0) is 22.5 Å². The third-order valence-corrected chi connectivity index (χ3v) is 4.59. The van der Waals surface area contributed by atoms with Gasteiger partial charge in [0.25, 0.3) is 0 Å². The van der Waals surface area contributed by atoms with E-state index in [1.54, 1.807) is 18.4 Å². The predicted molar refractivity (Wildman–Crippen MR) is 77.4 cm³/mol. The molecule has 1 aliphatic rings. The number of hydrogen-bond acceptors (Lipinski definition) is 4. The van der Waals surface area contributed by atoms with E-state index >= 15 is 0 Å². The Labute approximate surface area is 118 Å². The second-order valence-corrected chi connectivity index (χ2v) is 5.88. The first-order valence-corrected chi connectivity index (χ1v) is 7.68. The summed E-state index contributed by atoms with van der Waals surface area (Å²) in [5.74, 6) is 0.186. The van der Waals surface area contributed by atoms with Crippen molar-refractivity contribution in [2.24, 2.45) is 0 Å². The van der Waals surface area contributed by atoms with E-state index in [2.05, 4.69) is 23.7 Å². The Hall–Kier alpha value is -0.910. The van der Waals surface area contributed by atoms with E-state index < -0.39 is 0 Å². The molecule has 1 unspecified atom stereocenters. The maximum Gasteiger partial charge on any atom is 0.236 e. The molecule has 0 aliphatic carbocycles. The molecule has 1 atom stereocenters. The highest BCUT2D eigenvalue weighted by molar-refractivity contribution is 7.10. The molecule has 106 valence electrons. The molecule has 1 aliphatic heterocycles. The van der Waals surface area contributed by atoms with Gasteiger partial charge in [0.1, 0.15) is 0 Å². The number of thiophene rings is 1. The number of amides is 1. The van der Waals surface area contributed by atoms with Gasteiger partial charge < -0.3 is 15.0 Å². The van der Waals surface area contributed by atoms with E-state index in [1.807, 2.05) is 4.90 Å². The number of hydrogen-bond donors (Lipinski definition) is 1. The average molecular weight is 282 g/mol. The molecule has 0 fully saturated rings. The van der Waals surface area contributed by atoms with Crippen LogP contribution in [0.15, 0.2) is 11.4 Å². The molecule has 1 aromatic heterocycles. The zero-order chi connectivity index (χ0) is 13.7. The first-order chi connectivity index (χ1) is 9.24. The van der Waals surface area contributed by atoms with E-state index in [1.165, 1.54) is 10.4 Å². The predicted octanol–water partition coefficient (Wildman–Crippen LogP) is 1.65. The topological polar surface area (TPSA) is 41.6 Å². The monoisotopic (exact) mass is 282 g/mol. The molecule has 2 heterocycles. The number of nitrogens with one attached hydrogen (secondary N) is 1. The van der Waals surface area contributed by atoms with Crippen LogP contribution >= 0.6 is 11.3 Å². The smallest absolute Gasteiger partial charge is 0.236 e. The summed E-state index contributed by atoms with van der Waals surface area (Å²) >= 11 is 1.80. The van der Waals surface area contributed by atoms with Crippen LogP contribution in [0.25, 0.3) is 0 Å². The van der Waals surface area contributed by atoms with Crippen molar-refractivity contribution in [3.8, 4) is 0 Å². The van der Waals surface area contributed by atoms with Crippen molar-refractivity contribution >= 4 is 17.2 Å². The SMILES string of the molecule is CCC(COC)NCC(=O)N1CCc2sccc2C1.